The minimum atomic E-state index is -0.901. The topological polar surface area (TPSA) is 103 Å². The number of piperidine rings is 1. The van der Waals surface area contributed by atoms with Crippen molar-refractivity contribution in [2.75, 3.05) is 18.5 Å². The number of benzene rings is 1. The SMILES string of the molecule is Cc1nc(C(NC(=O)C(=O)Nc2ccc(Cl)c(F)c2)C2CCCCN2)sc1CCO.Cl. The Labute approximate surface area is 195 Å². The number of thiazole rings is 1. The fourth-order valence-electron chi connectivity index (χ4n) is 3.38. The fraction of sp³-hybridized carbons (Fsp3) is 0.450. The van der Waals surface area contributed by atoms with E-state index in [1.165, 1.54) is 23.5 Å². The van der Waals surface area contributed by atoms with Crippen LogP contribution in [-0.4, -0.2) is 41.1 Å². The van der Waals surface area contributed by atoms with Gasteiger partial charge in [-0.1, -0.05) is 18.0 Å². The molecule has 3 rings (SSSR count). The molecule has 2 aromatic rings. The van der Waals surface area contributed by atoms with Crippen molar-refractivity contribution >= 4 is 52.8 Å². The molecular formula is C20H25Cl2FN4O3S. The lowest BCUT2D eigenvalue weighted by atomic mass is 9.98. The van der Waals surface area contributed by atoms with Gasteiger partial charge in [-0.05, 0) is 44.5 Å². The number of amides is 2. The summed E-state index contributed by atoms with van der Waals surface area (Å²) in [6.07, 6.45) is 3.38. The second-order valence-electron chi connectivity index (χ2n) is 7.12. The average Bonchev–Trinajstić information content (AvgIpc) is 3.09. The summed E-state index contributed by atoms with van der Waals surface area (Å²) < 4.78 is 13.6. The number of rotatable bonds is 6. The van der Waals surface area contributed by atoms with Crippen molar-refractivity contribution in [2.24, 2.45) is 0 Å². The van der Waals surface area contributed by atoms with Crippen LogP contribution in [0.3, 0.4) is 0 Å². The predicted molar refractivity (Wildman–Crippen MR) is 121 cm³/mol. The Morgan fingerprint density at radius 3 is 2.81 bits per heavy atom. The van der Waals surface area contributed by atoms with E-state index < -0.39 is 23.7 Å². The van der Waals surface area contributed by atoms with Crippen LogP contribution in [0.5, 0.6) is 0 Å². The minimum absolute atomic E-state index is 0. The number of halogens is 3. The number of carbonyl (C=O) groups is 2. The number of aliphatic hydroxyl groups is 1. The molecule has 7 nitrogen and oxygen atoms in total. The highest BCUT2D eigenvalue weighted by atomic mass is 35.5. The van der Waals surface area contributed by atoms with Crippen molar-refractivity contribution < 1.29 is 19.1 Å². The van der Waals surface area contributed by atoms with Crippen molar-refractivity contribution in [1.29, 1.82) is 0 Å². The lowest BCUT2D eigenvalue weighted by Gasteiger charge is -2.30. The van der Waals surface area contributed by atoms with Crippen molar-refractivity contribution in [3.05, 3.63) is 44.6 Å². The van der Waals surface area contributed by atoms with Crippen LogP contribution >= 0.6 is 35.3 Å². The van der Waals surface area contributed by atoms with Gasteiger partial charge in [0, 0.05) is 29.6 Å². The molecule has 0 aliphatic carbocycles. The van der Waals surface area contributed by atoms with Crippen LogP contribution < -0.4 is 16.0 Å². The van der Waals surface area contributed by atoms with Gasteiger partial charge in [-0.2, -0.15) is 0 Å². The molecule has 2 amide bonds. The van der Waals surface area contributed by atoms with Gasteiger partial charge < -0.3 is 21.1 Å². The number of nitrogens with zero attached hydrogens (tertiary/aromatic N) is 1. The summed E-state index contributed by atoms with van der Waals surface area (Å²) in [5.41, 5.74) is 0.944. The average molecular weight is 491 g/mol. The first-order chi connectivity index (χ1) is 14.4. The zero-order chi connectivity index (χ0) is 21.7. The zero-order valence-electron chi connectivity index (χ0n) is 16.9. The maximum absolute atomic E-state index is 13.6. The summed E-state index contributed by atoms with van der Waals surface area (Å²) in [6.45, 7) is 2.70. The highest BCUT2D eigenvalue weighted by molar-refractivity contribution is 7.11. The number of aromatic nitrogens is 1. The van der Waals surface area contributed by atoms with E-state index in [0.29, 0.717) is 11.4 Å². The van der Waals surface area contributed by atoms with E-state index in [1.54, 1.807) is 0 Å². The molecule has 31 heavy (non-hydrogen) atoms. The number of anilines is 1. The van der Waals surface area contributed by atoms with Crippen molar-refractivity contribution in [1.82, 2.24) is 15.6 Å². The molecule has 2 heterocycles. The van der Waals surface area contributed by atoms with Crippen LogP contribution in [0.15, 0.2) is 18.2 Å². The van der Waals surface area contributed by atoms with Crippen LogP contribution in [0.4, 0.5) is 10.1 Å². The molecule has 1 aliphatic heterocycles. The summed E-state index contributed by atoms with van der Waals surface area (Å²) in [5, 5.41) is 18.4. The molecule has 0 bridgehead atoms. The molecule has 1 aromatic carbocycles. The van der Waals surface area contributed by atoms with Gasteiger partial charge in [-0.3, -0.25) is 9.59 Å². The molecule has 2 unspecified atom stereocenters. The Morgan fingerprint density at radius 2 is 2.16 bits per heavy atom. The van der Waals surface area contributed by atoms with Crippen molar-refractivity contribution in [3.63, 3.8) is 0 Å². The molecule has 0 saturated carbocycles. The Balaban J connectivity index is 0.00000341. The molecular weight excluding hydrogens is 466 g/mol. The first-order valence-electron chi connectivity index (χ1n) is 9.76. The van der Waals surface area contributed by atoms with Crippen LogP contribution in [-0.2, 0) is 16.0 Å². The predicted octanol–water partition coefficient (Wildman–Crippen LogP) is 3.14. The molecule has 0 radical (unpaired) electrons. The normalized spacial score (nSPS) is 16.8. The summed E-state index contributed by atoms with van der Waals surface area (Å²) in [7, 11) is 0. The van der Waals surface area contributed by atoms with Gasteiger partial charge in [0.25, 0.3) is 0 Å². The van der Waals surface area contributed by atoms with E-state index in [1.807, 2.05) is 6.92 Å². The number of aryl methyl sites for hydroxylation is 1. The van der Waals surface area contributed by atoms with Crippen LogP contribution in [0.2, 0.25) is 5.02 Å². The van der Waals surface area contributed by atoms with E-state index in [0.717, 1.165) is 42.4 Å². The summed E-state index contributed by atoms with van der Waals surface area (Å²) in [6, 6.07) is 3.24. The fourth-order valence-corrected chi connectivity index (χ4v) is 4.67. The van der Waals surface area contributed by atoms with Crippen molar-refractivity contribution in [2.45, 2.75) is 44.7 Å². The van der Waals surface area contributed by atoms with Gasteiger partial charge in [0.1, 0.15) is 10.8 Å². The van der Waals surface area contributed by atoms with Crippen molar-refractivity contribution in [3.8, 4) is 0 Å². The van der Waals surface area contributed by atoms with Crippen LogP contribution in [0.1, 0.15) is 40.9 Å². The minimum Gasteiger partial charge on any atom is -0.396 e. The third kappa shape index (κ3) is 6.60. The molecule has 1 fully saturated rings. The highest BCUT2D eigenvalue weighted by Gasteiger charge is 2.31. The summed E-state index contributed by atoms with van der Waals surface area (Å²) >= 11 is 7.07. The first kappa shape index (κ1) is 25.5. The number of carbonyl (C=O) groups excluding carboxylic acids is 2. The van der Waals surface area contributed by atoms with E-state index >= 15 is 0 Å². The van der Waals surface area contributed by atoms with E-state index in [2.05, 4.69) is 20.9 Å². The Bertz CT molecular complexity index is 922. The van der Waals surface area contributed by atoms with E-state index in [4.69, 9.17) is 11.6 Å². The van der Waals surface area contributed by atoms with Gasteiger partial charge in [-0.15, -0.1) is 23.7 Å². The molecule has 0 spiro atoms. The standard InChI is InChI=1S/C20H24ClFN4O3S.ClH/c1-11-16(7-9-27)30-20(24-11)17(15-4-2-3-8-23-15)26-19(29)18(28)25-12-5-6-13(21)14(22)10-12;/h5-6,10,15,17,23,27H,2-4,7-9H2,1H3,(H,25,28)(H,26,29);1H. The number of hydrogen-bond donors (Lipinski definition) is 4. The van der Waals surface area contributed by atoms with Gasteiger partial charge in [-0.25, -0.2) is 9.37 Å². The smallest absolute Gasteiger partial charge is 0.313 e. The number of hydrogen-bond acceptors (Lipinski definition) is 6. The Kier molecular flexibility index (Phi) is 9.64. The third-order valence-corrected chi connectivity index (χ3v) is 6.54. The Morgan fingerprint density at radius 1 is 1.39 bits per heavy atom. The van der Waals surface area contributed by atoms with Gasteiger partial charge in [0.05, 0.1) is 16.8 Å². The molecule has 170 valence electrons. The molecule has 11 heteroatoms. The summed E-state index contributed by atoms with van der Waals surface area (Å²) in [4.78, 5) is 30.5. The molecule has 2 atom stereocenters. The molecule has 1 saturated heterocycles. The number of aliphatic hydroxyl groups excluding tert-OH is 1. The Hall–Kier alpha value is -1.78. The molecule has 4 N–H and O–H groups in total. The first-order valence-corrected chi connectivity index (χ1v) is 11.0. The van der Waals surface area contributed by atoms with Gasteiger partial charge >= 0.3 is 11.8 Å². The monoisotopic (exact) mass is 490 g/mol. The second-order valence-corrected chi connectivity index (χ2v) is 8.65. The summed E-state index contributed by atoms with van der Waals surface area (Å²) in [5.74, 6) is -2.42. The lowest BCUT2D eigenvalue weighted by Crippen LogP contribution is -2.48. The maximum atomic E-state index is 13.6. The van der Waals surface area contributed by atoms with Crippen LogP contribution in [0.25, 0.3) is 0 Å². The lowest BCUT2D eigenvalue weighted by molar-refractivity contribution is -0.136. The third-order valence-electron chi connectivity index (χ3n) is 4.94. The van der Waals surface area contributed by atoms with Gasteiger partial charge in [0.15, 0.2) is 0 Å². The van der Waals surface area contributed by atoms with Gasteiger partial charge in [0.2, 0.25) is 0 Å². The molecule has 1 aromatic heterocycles. The quantitative estimate of drug-likeness (QED) is 0.465. The highest BCUT2D eigenvalue weighted by Crippen LogP contribution is 2.29. The van der Waals surface area contributed by atoms with E-state index in [-0.39, 0.29) is 35.8 Å². The van der Waals surface area contributed by atoms with Crippen LogP contribution in [0, 0.1) is 12.7 Å². The maximum Gasteiger partial charge on any atom is 0.313 e. The zero-order valence-corrected chi connectivity index (χ0v) is 19.3. The second kappa shape index (κ2) is 11.7. The largest absolute Gasteiger partial charge is 0.396 e. The number of nitrogens with one attached hydrogen (secondary N) is 3. The van der Waals surface area contributed by atoms with E-state index in [9.17, 15) is 19.1 Å². The molecule has 1 aliphatic rings.